The first-order valence-corrected chi connectivity index (χ1v) is 7.76. The van der Waals surface area contributed by atoms with Gasteiger partial charge in [0.15, 0.2) is 5.79 Å². The average molecular weight is 286 g/mol. The highest BCUT2D eigenvalue weighted by molar-refractivity contribution is 5.70. The second-order valence-corrected chi connectivity index (χ2v) is 6.48. The number of carbonyl (C=O) groups is 1. The number of nitrogens with zero attached hydrogens (tertiary/aromatic N) is 1. The summed E-state index contributed by atoms with van der Waals surface area (Å²) in [6.45, 7) is 8.01. The van der Waals surface area contributed by atoms with Crippen molar-refractivity contribution >= 4 is 5.97 Å². The number of likely N-dealkylation sites (N-methyl/N-ethyl adjacent to an activating group) is 1. The van der Waals surface area contributed by atoms with Crippen LogP contribution in [0.5, 0.6) is 0 Å². The van der Waals surface area contributed by atoms with Crippen LogP contribution in [0.15, 0.2) is 0 Å². The molecule has 0 N–H and O–H groups in total. The van der Waals surface area contributed by atoms with Gasteiger partial charge in [-0.15, -0.1) is 0 Å². The Bertz CT molecular complexity index is 341. The van der Waals surface area contributed by atoms with Crippen LogP contribution in [0.1, 0.15) is 39.5 Å². The number of rotatable bonds is 5. The molecule has 0 spiro atoms. The van der Waals surface area contributed by atoms with Gasteiger partial charge in [0, 0.05) is 0 Å². The van der Waals surface area contributed by atoms with Gasteiger partial charge in [-0.2, -0.15) is 0 Å². The Balaban J connectivity index is 1.83. The van der Waals surface area contributed by atoms with Gasteiger partial charge in [0.2, 0.25) is 0 Å². The van der Waals surface area contributed by atoms with Crippen molar-refractivity contribution in [3.8, 4) is 0 Å². The molecule has 116 valence electrons. The molecule has 5 nitrogen and oxygen atoms in total. The lowest BCUT2D eigenvalue weighted by Gasteiger charge is -2.39. The Labute approximate surface area is 121 Å². The fourth-order valence-corrected chi connectivity index (χ4v) is 3.30. The maximum atomic E-state index is 11.6. The summed E-state index contributed by atoms with van der Waals surface area (Å²) in [6.07, 6.45) is 4.18. The highest BCUT2D eigenvalue weighted by Gasteiger charge is 2.42. The third kappa shape index (κ3) is 4.17. The van der Waals surface area contributed by atoms with Crippen molar-refractivity contribution in [3.05, 3.63) is 0 Å². The summed E-state index contributed by atoms with van der Waals surface area (Å²) in [5.41, 5.74) is 0. The number of quaternary nitrogens is 1. The van der Waals surface area contributed by atoms with Crippen LogP contribution in [-0.4, -0.2) is 62.2 Å². The third-order valence-electron chi connectivity index (χ3n) is 4.30. The maximum Gasteiger partial charge on any atom is 0.311 e. The fraction of sp³-hybridized carbons (Fsp3) is 0.933. The van der Waals surface area contributed by atoms with E-state index in [1.807, 2.05) is 6.92 Å². The molecule has 0 aromatic heterocycles. The number of hydrogen-bond donors (Lipinski definition) is 0. The molecule has 0 saturated carbocycles. The molecule has 0 unspecified atom stereocenters. The first kappa shape index (κ1) is 15.7. The van der Waals surface area contributed by atoms with E-state index in [0.717, 1.165) is 11.0 Å². The number of hydrogen-bond acceptors (Lipinski definition) is 4. The lowest BCUT2D eigenvalue weighted by Crippen LogP contribution is -2.52. The average Bonchev–Trinajstić information content (AvgIpc) is 2.70. The first-order chi connectivity index (χ1) is 9.45. The zero-order valence-corrected chi connectivity index (χ0v) is 13.0. The van der Waals surface area contributed by atoms with E-state index in [0.29, 0.717) is 13.2 Å². The zero-order valence-electron chi connectivity index (χ0n) is 13.0. The molecular formula is C15H28NO4+. The second kappa shape index (κ2) is 6.41. The summed E-state index contributed by atoms with van der Waals surface area (Å²) in [4.78, 5) is 11.6. The fourth-order valence-electron chi connectivity index (χ4n) is 3.30. The molecule has 2 aliphatic heterocycles. The topological polar surface area (TPSA) is 44.8 Å². The Kier molecular flexibility index (Phi) is 5.04. The Morgan fingerprint density at radius 3 is 2.70 bits per heavy atom. The largest absolute Gasteiger partial charge is 0.466 e. The van der Waals surface area contributed by atoms with E-state index in [4.69, 9.17) is 14.2 Å². The number of esters is 1. The summed E-state index contributed by atoms with van der Waals surface area (Å²) < 4.78 is 17.7. The summed E-state index contributed by atoms with van der Waals surface area (Å²) in [5.74, 6) is -1.07. The molecule has 5 heteroatoms. The van der Waals surface area contributed by atoms with Gasteiger partial charge in [-0.25, -0.2) is 0 Å². The molecule has 0 bridgehead atoms. The molecule has 0 aromatic rings. The van der Waals surface area contributed by atoms with Gasteiger partial charge in [0.25, 0.3) is 0 Å². The SMILES string of the molecule is CCOC(=O)C[C@]1(C)OC[C@H](C[N+]2(C)CCCCC2)O1. The Morgan fingerprint density at radius 2 is 2.05 bits per heavy atom. The van der Waals surface area contributed by atoms with Crippen molar-refractivity contribution in [1.29, 1.82) is 0 Å². The van der Waals surface area contributed by atoms with Gasteiger partial charge in [-0.05, 0) is 33.1 Å². The normalized spacial score (nSPS) is 33.0. The third-order valence-corrected chi connectivity index (χ3v) is 4.30. The maximum absolute atomic E-state index is 11.6. The van der Waals surface area contributed by atoms with Crippen molar-refractivity contribution in [2.24, 2.45) is 0 Å². The lowest BCUT2D eigenvalue weighted by molar-refractivity contribution is -0.916. The van der Waals surface area contributed by atoms with Crippen molar-refractivity contribution in [1.82, 2.24) is 0 Å². The van der Waals surface area contributed by atoms with E-state index < -0.39 is 5.79 Å². The minimum Gasteiger partial charge on any atom is -0.466 e. The van der Waals surface area contributed by atoms with E-state index in [1.54, 1.807) is 6.92 Å². The number of piperidine rings is 1. The van der Waals surface area contributed by atoms with Crippen molar-refractivity contribution in [3.63, 3.8) is 0 Å². The van der Waals surface area contributed by atoms with Gasteiger partial charge >= 0.3 is 5.97 Å². The van der Waals surface area contributed by atoms with Crippen LogP contribution in [-0.2, 0) is 19.0 Å². The summed E-state index contributed by atoms with van der Waals surface area (Å²) in [5, 5.41) is 0. The van der Waals surface area contributed by atoms with Crippen LogP contribution in [0.2, 0.25) is 0 Å². The van der Waals surface area contributed by atoms with E-state index in [2.05, 4.69) is 7.05 Å². The van der Waals surface area contributed by atoms with E-state index in [9.17, 15) is 4.79 Å². The van der Waals surface area contributed by atoms with Gasteiger partial charge in [0.05, 0.1) is 39.8 Å². The molecule has 20 heavy (non-hydrogen) atoms. The molecular weight excluding hydrogens is 258 g/mol. The summed E-state index contributed by atoms with van der Waals surface area (Å²) >= 11 is 0. The van der Waals surface area contributed by atoms with Crippen LogP contribution in [0.25, 0.3) is 0 Å². The second-order valence-electron chi connectivity index (χ2n) is 6.48. The number of ether oxygens (including phenoxy) is 3. The van der Waals surface area contributed by atoms with Crippen molar-refractivity contribution < 1.29 is 23.5 Å². The van der Waals surface area contributed by atoms with Gasteiger partial charge in [0.1, 0.15) is 12.6 Å². The predicted molar refractivity (Wildman–Crippen MR) is 75.1 cm³/mol. The molecule has 2 heterocycles. The van der Waals surface area contributed by atoms with Crippen molar-refractivity contribution in [2.45, 2.75) is 51.4 Å². The highest BCUT2D eigenvalue weighted by Crippen LogP contribution is 2.29. The monoisotopic (exact) mass is 286 g/mol. The number of carbonyl (C=O) groups excluding carboxylic acids is 1. The Morgan fingerprint density at radius 1 is 1.35 bits per heavy atom. The van der Waals surface area contributed by atoms with Crippen LogP contribution >= 0.6 is 0 Å². The van der Waals surface area contributed by atoms with Crippen molar-refractivity contribution in [2.75, 3.05) is 39.9 Å². The Hall–Kier alpha value is -0.650. The quantitative estimate of drug-likeness (QED) is 0.570. The van der Waals surface area contributed by atoms with Crippen LogP contribution < -0.4 is 0 Å². The molecule has 0 aliphatic carbocycles. The number of likely N-dealkylation sites (tertiary alicyclic amines) is 1. The molecule has 2 atom stereocenters. The summed E-state index contributed by atoms with van der Waals surface area (Å²) in [6, 6.07) is 0. The van der Waals surface area contributed by atoms with E-state index in [1.165, 1.54) is 32.4 Å². The van der Waals surface area contributed by atoms with E-state index in [-0.39, 0.29) is 18.5 Å². The summed E-state index contributed by atoms with van der Waals surface area (Å²) in [7, 11) is 2.30. The molecule has 2 aliphatic rings. The smallest absolute Gasteiger partial charge is 0.311 e. The first-order valence-electron chi connectivity index (χ1n) is 7.76. The standard InChI is InChI=1S/C15H28NO4/c1-4-18-14(17)10-15(2)19-12-13(20-15)11-16(3)8-6-5-7-9-16/h13H,4-12H2,1-3H3/q+1/t13-,15+/m0/s1. The minimum atomic E-state index is -0.814. The van der Waals surface area contributed by atoms with Crippen LogP contribution in [0.4, 0.5) is 0 Å². The zero-order chi connectivity index (χ0) is 14.6. The molecule has 2 saturated heterocycles. The van der Waals surface area contributed by atoms with Gasteiger partial charge in [-0.3, -0.25) is 4.79 Å². The van der Waals surface area contributed by atoms with Gasteiger partial charge < -0.3 is 18.7 Å². The lowest BCUT2D eigenvalue weighted by atomic mass is 10.1. The van der Waals surface area contributed by atoms with E-state index >= 15 is 0 Å². The molecule has 0 amide bonds. The molecule has 0 aromatic carbocycles. The van der Waals surface area contributed by atoms with Gasteiger partial charge in [-0.1, -0.05) is 0 Å². The molecule has 2 fully saturated rings. The minimum absolute atomic E-state index is 0.0810. The highest BCUT2D eigenvalue weighted by atomic mass is 16.7. The van der Waals surface area contributed by atoms with Crippen LogP contribution in [0, 0.1) is 0 Å². The van der Waals surface area contributed by atoms with Crippen LogP contribution in [0.3, 0.4) is 0 Å². The predicted octanol–water partition coefficient (Wildman–Crippen LogP) is 1.70. The molecule has 0 radical (unpaired) electrons. The molecule has 2 rings (SSSR count).